The van der Waals surface area contributed by atoms with Gasteiger partial charge in [0.15, 0.2) is 0 Å². The largest absolute Gasteiger partial charge is 0.359 e. The Kier molecular flexibility index (Phi) is 7.41. The molecule has 0 aromatic heterocycles. The normalized spacial score (nSPS) is 14.6. The van der Waals surface area contributed by atoms with Gasteiger partial charge in [-0.2, -0.15) is 0 Å². The average Bonchev–Trinajstić information content (AvgIpc) is 3.65. The van der Waals surface area contributed by atoms with Crippen LogP contribution in [0.2, 0.25) is 0 Å². The molecule has 0 bridgehead atoms. The summed E-state index contributed by atoms with van der Waals surface area (Å²) in [5.41, 5.74) is 15.0. The lowest BCUT2D eigenvalue weighted by molar-refractivity contribution is 0.828. The van der Waals surface area contributed by atoms with Crippen LogP contribution < -0.4 is 10.2 Å². The molecule has 0 fully saturated rings. The van der Waals surface area contributed by atoms with E-state index in [0.29, 0.717) is 0 Å². The lowest BCUT2D eigenvalue weighted by Crippen LogP contribution is -2.23. The molecule has 1 atom stereocenters. The number of allylic oxidation sites excluding steroid dienone is 1. The average molecular weight is 703 g/mol. The standard InChI is InChI=1S/C53H38N2/c1-2-16-44(17-3-1)55-50-21-11-10-20-49(50)54-53(55)38-26-22-37(23-27-38)41-30-31-47-48(34-41)52(43-29-25-36-13-5-7-15-40(36)33-43)46-19-9-8-18-45(46)51(47)42-28-24-35-12-4-6-14-39(35)32-42/h1-5,7-13,15-34,53-54H,6,14H2. The molecule has 1 unspecified atom stereocenters. The van der Waals surface area contributed by atoms with E-state index in [1.165, 1.54) is 93.8 Å². The van der Waals surface area contributed by atoms with Gasteiger partial charge in [0.1, 0.15) is 6.17 Å². The molecule has 1 aliphatic heterocycles. The molecular weight excluding hydrogens is 665 g/mol. The van der Waals surface area contributed by atoms with Gasteiger partial charge >= 0.3 is 0 Å². The molecule has 1 N–H and O–H groups in total. The maximum absolute atomic E-state index is 3.80. The van der Waals surface area contributed by atoms with Crippen molar-refractivity contribution >= 4 is 55.5 Å². The van der Waals surface area contributed by atoms with Crippen molar-refractivity contribution in [2.24, 2.45) is 0 Å². The van der Waals surface area contributed by atoms with E-state index < -0.39 is 0 Å². The van der Waals surface area contributed by atoms with E-state index in [-0.39, 0.29) is 6.17 Å². The maximum Gasteiger partial charge on any atom is 0.130 e. The minimum Gasteiger partial charge on any atom is -0.359 e. The SMILES string of the molecule is C1=Cc2ccc(-c3c4ccccc4c(-c4ccc5ccccc5c4)c4cc(-c5ccc(C6Nc7ccccc7N6c6ccccc6)cc5)ccc34)cc2CC1. The molecule has 0 radical (unpaired) electrons. The number of para-hydroxylation sites is 3. The van der Waals surface area contributed by atoms with Crippen molar-refractivity contribution in [1.82, 2.24) is 0 Å². The van der Waals surface area contributed by atoms with Crippen LogP contribution in [0.5, 0.6) is 0 Å². The van der Waals surface area contributed by atoms with Gasteiger partial charge in [-0.25, -0.2) is 0 Å². The second kappa shape index (κ2) is 12.9. The van der Waals surface area contributed by atoms with E-state index in [1.54, 1.807) is 0 Å². The third-order valence-electron chi connectivity index (χ3n) is 11.7. The number of anilines is 3. The molecule has 2 aliphatic rings. The summed E-state index contributed by atoms with van der Waals surface area (Å²) in [6.07, 6.45) is 6.73. The first-order chi connectivity index (χ1) is 27.3. The zero-order valence-corrected chi connectivity index (χ0v) is 30.4. The van der Waals surface area contributed by atoms with E-state index in [9.17, 15) is 0 Å². The van der Waals surface area contributed by atoms with Crippen molar-refractivity contribution in [2.75, 3.05) is 10.2 Å². The molecule has 9 aromatic carbocycles. The van der Waals surface area contributed by atoms with Crippen LogP contribution in [0.4, 0.5) is 17.1 Å². The lowest BCUT2D eigenvalue weighted by Gasteiger charge is -2.27. The fourth-order valence-electron chi connectivity index (χ4n) is 9.04. The van der Waals surface area contributed by atoms with Crippen molar-refractivity contribution in [3.63, 3.8) is 0 Å². The van der Waals surface area contributed by atoms with Gasteiger partial charge in [0.05, 0.1) is 11.4 Å². The van der Waals surface area contributed by atoms with E-state index in [2.05, 4.69) is 204 Å². The van der Waals surface area contributed by atoms with E-state index in [4.69, 9.17) is 0 Å². The van der Waals surface area contributed by atoms with Crippen LogP contribution in [0.15, 0.2) is 188 Å². The lowest BCUT2D eigenvalue weighted by atomic mass is 9.83. The molecule has 9 aromatic rings. The number of hydrogen-bond acceptors (Lipinski definition) is 2. The third-order valence-corrected chi connectivity index (χ3v) is 11.7. The van der Waals surface area contributed by atoms with Gasteiger partial charge in [-0.15, -0.1) is 0 Å². The summed E-state index contributed by atoms with van der Waals surface area (Å²) >= 11 is 0. The minimum atomic E-state index is -0.00834. The monoisotopic (exact) mass is 702 g/mol. The Morgan fingerprint density at radius 3 is 1.98 bits per heavy atom. The molecule has 0 amide bonds. The predicted octanol–water partition coefficient (Wildman–Crippen LogP) is 14.4. The van der Waals surface area contributed by atoms with Crippen molar-refractivity contribution in [3.8, 4) is 33.4 Å². The number of rotatable bonds is 5. The number of fused-ring (bicyclic) bond motifs is 5. The van der Waals surface area contributed by atoms with E-state index >= 15 is 0 Å². The van der Waals surface area contributed by atoms with Crippen LogP contribution in [0.3, 0.4) is 0 Å². The van der Waals surface area contributed by atoms with E-state index in [0.717, 1.165) is 18.5 Å². The summed E-state index contributed by atoms with van der Waals surface area (Å²) < 4.78 is 0. The smallest absolute Gasteiger partial charge is 0.130 e. The summed E-state index contributed by atoms with van der Waals surface area (Å²) in [7, 11) is 0. The molecule has 1 heterocycles. The van der Waals surface area contributed by atoms with Crippen molar-refractivity contribution in [1.29, 1.82) is 0 Å². The zero-order chi connectivity index (χ0) is 36.3. The van der Waals surface area contributed by atoms with Crippen LogP contribution in [0, 0.1) is 0 Å². The Bertz CT molecular complexity index is 2960. The number of nitrogens with zero attached hydrogens (tertiary/aromatic N) is 1. The fourth-order valence-corrected chi connectivity index (χ4v) is 9.04. The first-order valence-corrected chi connectivity index (χ1v) is 19.3. The van der Waals surface area contributed by atoms with Crippen LogP contribution in [0.1, 0.15) is 29.3 Å². The summed E-state index contributed by atoms with van der Waals surface area (Å²) in [4.78, 5) is 2.40. The third kappa shape index (κ3) is 5.33. The fraction of sp³-hybridized carbons (Fsp3) is 0.0566. The van der Waals surface area contributed by atoms with Crippen molar-refractivity contribution < 1.29 is 0 Å². The molecule has 0 saturated carbocycles. The highest BCUT2D eigenvalue weighted by atomic mass is 15.3. The Labute approximate surface area is 321 Å². The molecule has 55 heavy (non-hydrogen) atoms. The number of benzene rings is 9. The molecule has 2 heteroatoms. The van der Waals surface area contributed by atoms with Crippen LogP contribution >= 0.6 is 0 Å². The van der Waals surface area contributed by atoms with Crippen molar-refractivity contribution in [3.05, 3.63) is 205 Å². The molecule has 11 rings (SSSR count). The number of nitrogens with one attached hydrogen (secondary N) is 1. The topological polar surface area (TPSA) is 15.3 Å². The Hall–Kier alpha value is -6.90. The van der Waals surface area contributed by atoms with E-state index in [1.807, 2.05) is 0 Å². The zero-order valence-electron chi connectivity index (χ0n) is 30.4. The van der Waals surface area contributed by atoms with Gasteiger partial charge in [-0.05, 0) is 132 Å². The van der Waals surface area contributed by atoms with Gasteiger partial charge in [0, 0.05) is 5.69 Å². The molecule has 0 saturated heterocycles. The number of aryl methyl sites for hydroxylation is 1. The Morgan fingerprint density at radius 2 is 1.13 bits per heavy atom. The molecule has 0 spiro atoms. The van der Waals surface area contributed by atoms with Gasteiger partial charge < -0.3 is 10.2 Å². The minimum absolute atomic E-state index is 0.00834. The first-order valence-electron chi connectivity index (χ1n) is 19.3. The maximum atomic E-state index is 3.80. The van der Waals surface area contributed by atoms with Gasteiger partial charge in [0.2, 0.25) is 0 Å². The highest BCUT2D eigenvalue weighted by Crippen LogP contribution is 2.48. The summed E-state index contributed by atoms with van der Waals surface area (Å²) in [5, 5.41) is 11.4. The second-order valence-corrected chi connectivity index (χ2v) is 14.9. The predicted molar refractivity (Wildman–Crippen MR) is 234 cm³/mol. The highest BCUT2D eigenvalue weighted by molar-refractivity contribution is 6.22. The summed E-state index contributed by atoms with van der Waals surface area (Å²) in [6.45, 7) is 0. The molecular formula is C53H38N2. The quantitative estimate of drug-likeness (QED) is 0.180. The Balaban J connectivity index is 1.08. The number of hydrogen-bond donors (Lipinski definition) is 1. The summed E-state index contributed by atoms with van der Waals surface area (Å²) in [5.74, 6) is 0. The van der Waals surface area contributed by atoms with Gasteiger partial charge in [-0.3, -0.25) is 0 Å². The highest BCUT2D eigenvalue weighted by Gasteiger charge is 2.31. The second-order valence-electron chi connectivity index (χ2n) is 14.9. The van der Waals surface area contributed by atoms with Gasteiger partial charge in [0.25, 0.3) is 0 Å². The van der Waals surface area contributed by atoms with Gasteiger partial charge in [-0.1, -0.05) is 158 Å². The summed E-state index contributed by atoms with van der Waals surface area (Å²) in [6, 6.07) is 67.3. The molecule has 2 nitrogen and oxygen atoms in total. The Morgan fingerprint density at radius 1 is 0.473 bits per heavy atom. The van der Waals surface area contributed by atoms with Crippen molar-refractivity contribution in [2.45, 2.75) is 19.0 Å². The first kappa shape index (κ1) is 31.6. The van der Waals surface area contributed by atoms with Crippen LogP contribution in [-0.2, 0) is 6.42 Å². The molecule has 1 aliphatic carbocycles. The van der Waals surface area contributed by atoms with Crippen LogP contribution in [0.25, 0.3) is 71.8 Å². The molecule has 260 valence electrons. The van der Waals surface area contributed by atoms with Crippen LogP contribution in [-0.4, -0.2) is 0 Å².